The van der Waals surface area contributed by atoms with E-state index in [1.165, 1.54) is 0 Å². The van der Waals surface area contributed by atoms with Crippen LogP contribution in [0.15, 0.2) is 0 Å². The van der Waals surface area contributed by atoms with Gasteiger partial charge in [-0.25, -0.2) is 8.78 Å². The van der Waals surface area contributed by atoms with E-state index in [-0.39, 0.29) is 18.8 Å². The predicted molar refractivity (Wildman–Crippen MR) is 43.1 cm³/mol. The first-order valence-corrected chi connectivity index (χ1v) is 4.48. The fourth-order valence-corrected chi connectivity index (χ4v) is 1.91. The summed E-state index contributed by atoms with van der Waals surface area (Å²) >= 11 is 0. The number of aliphatic hydroxyl groups excluding tert-OH is 1. The van der Waals surface area contributed by atoms with Gasteiger partial charge in [-0.3, -0.25) is 0 Å². The number of hydrogen-bond donors (Lipinski definition) is 1. The summed E-state index contributed by atoms with van der Waals surface area (Å²) in [4.78, 5) is 0. The molecule has 0 saturated heterocycles. The molecule has 0 unspecified atom stereocenters. The lowest BCUT2D eigenvalue weighted by molar-refractivity contribution is -0.105. The lowest BCUT2D eigenvalue weighted by Crippen LogP contribution is -2.38. The summed E-state index contributed by atoms with van der Waals surface area (Å²) in [7, 11) is 0. The Morgan fingerprint density at radius 2 is 2.00 bits per heavy atom. The van der Waals surface area contributed by atoms with Crippen LogP contribution in [0.5, 0.6) is 0 Å². The highest BCUT2D eigenvalue weighted by molar-refractivity contribution is 4.85. The summed E-state index contributed by atoms with van der Waals surface area (Å²) in [5.74, 6) is -2.27. The van der Waals surface area contributed by atoms with Crippen LogP contribution in [0.25, 0.3) is 0 Å². The van der Waals surface area contributed by atoms with E-state index in [0.29, 0.717) is 12.3 Å². The molecule has 0 aliphatic heterocycles. The minimum atomic E-state index is -2.63. The first-order valence-electron chi connectivity index (χ1n) is 4.48. The molecular weight excluding hydrogens is 162 g/mol. The summed E-state index contributed by atoms with van der Waals surface area (Å²) in [6.07, 6.45) is -0.775. The molecule has 1 fully saturated rings. The van der Waals surface area contributed by atoms with Gasteiger partial charge in [-0.2, -0.15) is 0 Å². The van der Waals surface area contributed by atoms with Crippen LogP contribution in [0.2, 0.25) is 0 Å². The normalized spacial score (nSPS) is 35.5. The lowest BCUT2D eigenvalue weighted by Gasteiger charge is -2.35. The summed E-state index contributed by atoms with van der Waals surface area (Å²) in [6, 6.07) is 0. The SMILES string of the molecule is CC(C)[C@H]1CCC(F)(F)C[C@@H]1O. The molecule has 1 aliphatic rings. The molecule has 0 amide bonds. The van der Waals surface area contributed by atoms with Crippen LogP contribution in [-0.4, -0.2) is 17.1 Å². The summed E-state index contributed by atoms with van der Waals surface area (Å²) < 4.78 is 25.5. The number of aliphatic hydroxyl groups is 1. The Morgan fingerprint density at radius 1 is 1.42 bits per heavy atom. The van der Waals surface area contributed by atoms with E-state index >= 15 is 0 Å². The Balaban J connectivity index is 2.54. The maximum atomic E-state index is 12.7. The summed E-state index contributed by atoms with van der Waals surface area (Å²) in [5.41, 5.74) is 0. The van der Waals surface area contributed by atoms with E-state index in [1.54, 1.807) is 0 Å². The van der Waals surface area contributed by atoms with Crippen molar-refractivity contribution in [2.24, 2.45) is 11.8 Å². The van der Waals surface area contributed by atoms with Crippen molar-refractivity contribution in [2.45, 2.75) is 45.1 Å². The fraction of sp³-hybridized carbons (Fsp3) is 1.00. The van der Waals surface area contributed by atoms with Crippen LogP contribution in [-0.2, 0) is 0 Å². The number of halogens is 2. The van der Waals surface area contributed by atoms with Gasteiger partial charge in [-0.15, -0.1) is 0 Å². The van der Waals surface area contributed by atoms with E-state index in [0.717, 1.165) is 0 Å². The molecule has 1 rings (SSSR count). The zero-order chi connectivity index (χ0) is 9.35. The zero-order valence-electron chi connectivity index (χ0n) is 7.56. The van der Waals surface area contributed by atoms with Crippen molar-refractivity contribution in [3.8, 4) is 0 Å². The number of alkyl halides is 2. The van der Waals surface area contributed by atoms with Gasteiger partial charge in [0, 0.05) is 12.8 Å². The molecule has 0 aromatic heterocycles. The largest absolute Gasteiger partial charge is 0.393 e. The Bertz CT molecular complexity index is 157. The van der Waals surface area contributed by atoms with Gasteiger partial charge in [0.15, 0.2) is 0 Å². The fourth-order valence-electron chi connectivity index (χ4n) is 1.91. The molecule has 1 saturated carbocycles. The molecule has 1 aliphatic carbocycles. The average Bonchev–Trinajstić information content (AvgIpc) is 1.83. The van der Waals surface area contributed by atoms with E-state index in [4.69, 9.17) is 0 Å². The van der Waals surface area contributed by atoms with Gasteiger partial charge in [0.05, 0.1) is 6.10 Å². The standard InChI is InChI=1S/C9H16F2O/c1-6(2)7-3-4-9(10,11)5-8(7)12/h6-8,12H,3-5H2,1-2H3/t7-,8+/m1/s1. The van der Waals surface area contributed by atoms with Gasteiger partial charge in [-0.1, -0.05) is 13.8 Å². The van der Waals surface area contributed by atoms with Gasteiger partial charge in [0.25, 0.3) is 5.92 Å². The minimum absolute atomic E-state index is 0.0598. The van der Waals surface area contributed by atoms with Gasteiger partial charge in [-0.05, 0) is 18.3 Å². The van der Waals surface area contributed by atoms with E-state index in [1.807, 2.05) is 13.8 Å². The molecule has 0 spiro atoms. The van der Waals surface area contributed by atoms with Crippen molar-refractivity contribution >= 4 is 0 Å². The van der Waals surface area contributed by atoms with Crippen molar-refractivity contribution in [3.05, 3.63) is 0 Å². The van der Waals surface area contributed by atoms with Crippen molar-refractivity contribution in [1.82, 2.24) is 0 Å². The van der Waals surface area contributed by atoms with Gasteiger partial charge >= 0.3 is 0 Å². The molecule has 0 heterocycles. The lowest BCUT2D eigenvalue weighted by atomic mass is 9.78. The van der Waals surface area contributed by atoms with Crippen LogP contribution in [0.4, 0.5) is 8.78 Å². The average molecular weight is 178 g/mol. The minimum Gasteiger partial charge on any atom is -0.393 e. The molecule has 0 aromatic carbocycles. The van der Waals surface area contributed by atoms with Crippen LogP contribution < -0.4 is 0 Å². The highest BCUT2D eigenvalue weighted by Crippen LogP contribution is 2.39. The van der Waals surface area contributed by atoms with E-state index in [9.17, 15) is 13.9 Å². The van der Waals surface area contributed by atoms with E-state index in [2.05, 4.69) is 0 Å². The Morgan fingerprint density at radius 3 is 2.42 bits per heavy atom. The van der Waals surface area contributed by atoms with Crippen LogP contribution >= 0.6 is 0 Å². The molecule has 72 valence electrons. The third kappa shape index (κ3) is 2.16. The quantitative estimate of drug-likeness (QED) is 0.653. The van der Waals surface area contributed by atoms with Crippen molar-refractivity contribution in [2.75, 3.05) is 0 Å². The maximum absolute atomic E-state index is 12.7. The zero-order valence-corrected chi connectivity index (χ0v) is 7.56. The van der Waals surface area contributed by atoms with Crippen molar-refractivity contribution in [1.29, 1.82) is 0 Å². The topological polar surface area (TPSA) is 20.2 Å². The highest BCUT2D eigenvalue weighted by atomic mass is 19.3. The molecule has 0 bridgehead atoms. The van der Waals surface area contributed by atoms with Crippen molar-refractivity contribution < 1.29 is 13.9 Å². The second-order valence-electron chi connectivity index (χ2n) is 4.07. The number of rotatable bonds is 1. The third-order valence-electron chi connectivity index (χ3n) is 2.70. The predicted octanol–water partition coefficient (Wildman–Crippen LogP) is 2.44. The second kappa shape index (κ2) is 3.29. The highest BCUT2D eigenvalue weighted by Gasteiger charge is 2.41. The third-order valence-corrected chi connectivity index (χ3v) is 2.70. The van der Waals surface area contributed by atoms with Crippen LogP contribution in [0, 0.1) is 11.8 Å². The molecule has 12 heavy (non-hydrogen) atoms. The molecule has 1 N–H and O–H groups in total. The first-order chi connectivity index (χ1) is 5.42. The molecule has 0 aromatic rings. The molecule has 1 nitrogen and oxygen atoms in total. The first kappa shape index (κ1) is 9.90. The molecule has 0 radical (unpaired) electrons. The van der Waals surface area contributed by atoms with Gasteiger partial charge in [0.1, 0.15) is 0 Å². The monoisotopic (exact) mass is 178 g/mol. The van der Waals surface area contributed by atoms with E-state index < -0.39 is 12.0 Å². The smallest absolute Gasteiger partial charge is 0.250 e. The van der Waals surface area contributed by atoms with Gasteiger partial charge in [0.2, 0.25) is 0 Å². The Hall–Kier alpha value is -0.180. The maximum Gasteiger partial charge on any atom is 0.250 e. The summed E-state index contributed by atoms with van der Waals surface area (Å²) in [5, 5.41) is 9.39. The Labute approximate surface area is 71.8 Å². The number of hydrogen-bond acceptors (Lipinski definition) is 1. The van der Waals surface area contributed by atoms with Gasteiger partial charge < -0.3 is 5.11 Å². The van der Waals surface area contributed by atoms with Crippen LogP contribution in [0.1, 0.15) is 33.1 Å². The molecular formula is C9H16F2O. The Kier molecular flexibility index (Phi) is 2.71. The second-order valence-corrected chi connectivity index (χ2v) is 4.07. The van der Waals surface area contributed by atoms with Crippen LogP contribution in [0.3, 0.4) is 0 Å². The molecule has 2 atom stereocenters. The van der Waals surface area contributed by atoms with Crippen molar-refractivity contribution in [3.63, 3.8) is 0 Å². The molecule has 3 heteroatoms. The summed E-state index contributed by atoms with van der Waals surface area (Å²) in [6.45, 7) is 3.94.